The number of hydrogen-bond acceptors (Lipinski definition) is 3. The van der Waals surface area contributed by atoms with Gasteiger partial charge in [0.15, 0.2) is 5.60 Å². The van der Waals surface area contributed by atoms with Gasteiger partial charge in [0.1, 0.15) is 0 Å². The van der Waals surface area contributed by atoms with E-state index in [4.69, 9.17) is 5.73 Å². The van der Waals surface area contributed by atoms with E-state index in [0.29, 0.717) is 24.9 Å². The molecule has 1 atom stereocenters. The van der Waals surface area contributed by atoms with E-state index < -0.39 is 11.5 Å². The summed E-state index contributed by atoms with van der Waals surface area (Å²) in [6.45, 7) is 2.40. The number of hydrogen-bond donors (Lipinski definition) is 2. The van der Waals surface area contributed by atoms with Crippen LogP contribution in [0, 0.1) is 6.92 Å². The SMILES string of the molecule is Cc1ccc(C(=O)N2CCCC(O)(C(N)=O)C2)cc1Br. The van der Waals surface area contributed by atoms with Gasteiger partial charge < -0.3 is 15.7 Å². The minimum absolute atomic E-state index is 0.0489. The van der Waals surface area contributed by atoms with Crippen molar-refractivity contribution in [3.05, 3.63) is 33.8 Å². The van der Waals surface area contributed by atoms with Crippen LogP contribution in [0.3, 0.4) is 0 Å². The Hall–Kier alpha value is -1.40. The van der Waals surface area contributed by atoms with Crippen molar-refractivity contribution in [2.45, 2.75) is 25.4 Å². The third-order valence-corrected chi connectivity index (χ3v) is 4.49. The first-order chi connectivity index (χ1) is 9.33. The van der Waals surface area contributed by atoms with E-state index in [-0.39, 0.29) is 12.5 Å². The number of rotatable bonds is 2. The van der Waals surface area contributed by atoms with Crippen LogP contribution in [0.15, 0.2) is 22.7 Å². The lowest BCUT2D eigenvalue weighted by atomic mass is 9.92. The third-order valence-electron chi connectivity index (χ3n) is 3.64. The summed E-state index contributed by atoms with van der Waals surface area (Å²) in [6, 6.07) is 5.33. The van der Waals surface area contributed by atoms with Crippen molar-refractivity contribution < 1.29 is 14.7 Å². The van der Waals surface area contributed by atoms with Crippen LogP contribution in [0.2, 0.25) is 0 Å². The van der Waals surface area contributed by atoms with E-state index in [1.807, 2.05) is 13.0 Å². The lowest BCUT2D eigenvalue weighted by molar-refractivity contribution is -0.140. The second kappa shape index (κ2) is 5.54. The second-order valence-corrected chi connectivity index (χ2v) is 6.04. The van der Waals surface area contributed by atoms with Gasteiger partial charge in [0.2, 0.25) is 0 Å². The Bertz CT molecular complexity index is 561. The number of nitrogens with zero attached hydrogens (tertiary/aromatic N) is 1. The summed E-state index contributed by atoms with van der Waals surface area (Å²) in [6.07, 6.45) is 0.849. The smallest absolute Gasteiger partial charge is 0.254 e. The van der Waals surface area contributed by atoms with Gasteiger partial charge in [0.05, 0.1) is 6.54 Å². The highest BCUT2D eigenvalue weighted by molar-refractivity contribution is 9.10. The Labute approximate surface area is 125 Å². The molecular formula is C14H17BrN2O3. The van der Waals surface area contributed by atoms with E-state index in [9.17, 15) is 14.7 Å². The molecule has 2 rings (SSSR count). The maximum absolute atomic E-state index is 12.4. The van der Waals surface area contributed by atoms with E-state index in [1.54, 1.807) is 12.1 Å². The normalized spacial score (nSPS) is 22.6. The van der Waals surface area contributed by atoms with Gasteiger partial charge in [-0.3, -0.25) is 9.59 Å². The van der Waals surface area contributed by atoms with Crippen molar-refractivity contribution in [1.82, 2.24) is 4.90 Å². The molecule has 20 heavy (non-hydrogen) atoms. The zero-order chi connectivity index (χ0) is 14.9. The molecule has 1 aromatic carbocycles. The Balaban J connectivity index is 2.20. The molecule has 1 saturated heterocycles. The first-order valence-electron chi connectivity index (χ1n) is 6.41. The molecule has 0 aromatic heterocycles. The van der Waals surface area contributed by atoms with Crippen LogP contribution in [0.1, 0.15) is 28.8 Å². The molecule has 108 valence electrons. The Morgan fingerprint density at radius 1 is 1.45 bits per heavy atom. The maximum Gasteiger partial charge on any atom is 0.254 e. The predicted octanol–water partition coefficient (Wildman–Crippen LogP) is 1.21. The van der Waals surface area contributed by atoms with Crippen LogP contribution < -0.4 is 5.73 Å². The van der Waals surface area contributed by atoms with Gasteiger partial charge in [0, 0.05) is 16.6 Å². The van der Waals surface area contributed by atoms with Gasteiger partial charge >= 0.3 is 0 Å². The first-order valence-corrected chi connectivity index (χ1v) is 7.20. The Kier molecular flexibility index (Phi) is 4.15. The number of nitrogens with two attached hydrogens (primary N) is 1. The van der Waals surface area contributed by atoms with Crippen LogP contribution in [0.5, 0.6) is 0 Å². The summed E-state index contributed by atoms with van der Waals surface area (Å²) in [5, 5.41) is 10.1. The van der Waals surface area contributed by atoms with Gasteiger partial charge in [-0.05, 0) is 37.5 Å². The molecule has 0 radical (unpaired) electrons. The molecule has 1 aromatic rings. The van der Waals surface area contributed by atoms with Gasteiger partial charge in [-0.2, -0.15) is 0 Å². The summed E-state index contributed by atoms with van der Waals surface area (Å²) in [5.41, 5.74) is 5.16. The zero-order valence-electron chi connectivity index (χ0n) is 11.2. The number of carbonyl (C=O) groups excluding carboxylic acids is 2. The molecule has 3 N–H and O–H groups in total. The first kappa shape index (κ1) is 15.0. The van der Waals surface area contributed by atoms with Crippen molar-refractivity contribution in [3.8, 4) is 0 Å². The minimum Gasteiger partial charge on any atom is -0.378 e. The fourth-order valence-corrected chi connectivity index (χ4v) is 2.70. The summed E-state index contributed by atoms with van der Waals surface area (Å²) < 4.78 is 0.852. The summed E-state index contributed by atoms with van der Waals surface area (Å²) in [5.74, 6) is -0.981. The van der Waals surface area contributed by atoms with Gasteiger partial charge in [-0.15, -0.1) is 0 Å². The number of β-amino-alcohol motifs (C(OH)–C–C–N with tert-alkyl or cyclic N) is 1. The van der Waals surface area contributed by atoms with Crippen LogP contribution in [0.25, 0.3) is 0 Å². The van der Waals surface area contributed by atoms with Gasteiger partial charge in [0.25, 0.3) is 11.8 Å². The van der Waals surface area contributed by atoms with Crippen LogP contribution in [-0.4, -0.2) is 40.5 Å². The largest absolute Gasteiger partial charge is 0.378 e. The van der Waals surface area contributed by atoms with Crippen molar-refractivity contribution in [2.75, 3.05) is 13.1 Å². The number of aliphatic hydroxyl groups is 1. The molecule has 1 aliphatic heterocycles. The highest BCUT2D eigenvalue weighted by atomic mass is 79.9. The van der Waals surface area contributed by atoms with Crippen molar-refractivity contribution in [2.24, 2.45) is 5.73 Å². The number of likely N-dealkylation sites (tertiary alicyclic amines) is 1. The molecule has 0 aliphatic carbocycles. The maximum atomic E-state index is 12.4. The van der Waals surface area contributed by atoms with E-state index in [2.05, 4.69) is 15.9 Å². The number of primary amides is 1. The predicted molar refractivity (Wildman–Crippen MR) is 78.2 cm³/mol. The zero-order valence-corrected chi connectivity index (χ0v) is 12.8. The van der Waals surface area contributed by atoms with Gasteiger partial charge in [-0.25, -0.2) is 0 Å². The van der Waals surface area contributed by atoms with E-state index in [0.717, 1.165) is 10.0 Å². The quantitative estimate of drug-likeness (QED) is 0.848. The molecule has 1 unspecified atom stereocenters. The Morgan fingerprint density at radius 3 is 2.75 bits per heavy atom. The number of carbonyl (C=O) groups is 2. The molecule has 5 nitrogen and oxygen atoms in total. The molecule has 0 bridgehead atoms. The van der Waals surface area contributed by atoms with Crippen molar-refractivity contribution in [1.29, 1.82) is 0 Å². The number of piperidine rings is 1. The number of amides is 2. The molecule has 0 saturated carbocycles. The lowest BCUT2D eigenvalue weighted by Crippen LogP contribution is -2.57. The van der Waals surface area contributed by atoms with Crippen LogP contribution >= 0.6 is 15.9 Å². The average molecular weight is 341 g/mol. The summed E-state index contributed by atoms with van der Waals surface area (Å²) in [7, 11) is 0. The minimum atomic E-state index is -1.62. The molecule has 1 aliphatic rings. The molecule has 2 amide bonds. The topological polar surface area (TPSA) is 83.6 Å². The molecule has 6 heteroatoms. The van der Waals surface area contributed by atoms with Gasteiger partial charge in [-0.1, -0.05) is 22.0 Å². The summed E-state index contributed by atoms with van der Waals surface area (Å²) in [4.78, 5) is 25.2. The Morgan fingerprint density at radius 2 is 2.15 bits per heavy atom. The van der Waals surface area contributed by atoms with E-state index >= 15 is 0 Å². The van der Waals surface area contributed by atoms with E-state index in [1.165, 1.54) is 4.90 Å². The van der Waals surface area contributed by atoms with Crippen molar-refractivity contribution in [3.63, 3.8) is 0 Å². The standard InChI is InChI=1S/C14H17BrN2O3/c1-9-3-4-10(7-11(9)15)12(18)17-6-2-5-14(20,8-17)13(16)19/h3-4,7,20H,2,5-6,8H2,1H3,(H2,16,19). The highest BCUT2D eigenvalue weighted by Gasteiger charge is 2.40. The number of aryl methyl sites for hydroxylation is 1. The highest BCUT2D eigenvalue weighted by Crippen LogP contribution is 2.24. The second-order valence-electron chi connectivity index (χ2n) is 5.19. The third kappa shape index (κ3) is 2.86. The molecule has 0 spiro atoms. The fourth-order valence-electron chi connectivity index (χ4n) is 2.32. The number of halogens is 1. The van der Waals surface area contributed by atoms with Crippen LogP contribution in [-0.2, 0) is 4.79 Å². The lowest BCUT2D eigenvalue weighted by Gasteiger charge is -2.37. The fraction of sp³-hybridized carbons (Fsp3) is 0.429. The number of benzene rings is 1. The molecule has 1 heterocycles. The monoisotopic (exact) mass is 340 g/mol. The molecule has 1 fully saturated rings. The van der Waals surface area contributed by atoms with Crippen molar-refractivity contribution >= 4 is 27.7 Å². The molecular weight excluding hydrogens is 324 g/mol. The average Bonchev–Trinajstić information content (AvgIpc) is 2.41. The van der Waals surface area contributed by atoms with Crippen LogP contribution in [0.4, 0.5) is 0 Å². The summed E-state index contributed by atoms with van der Waals surface area (Å²) >= 11 is 3.39.